The Hall–Kier alpha value is 0.528. The molecule has 158 valence electrons. The average molecular weight is 556 g/mol. The minimum absolute atomic E-state index is 0. The Labute approximate surface area is 182 Å². The van der Waals surface area contributed by atoms with Gasteiger partial charge in [0.15, 0.2) is 0 Å². The van der Waals surface area contributed by atoms with Gasteiger partial charge in [0.1, 0.15) is 0 Å². The Balaban J connectivity index is 0.00000261. The molecule has 3 aliphatic heterocycles. The van der Waals surface area contributed by atoms with E-state index in [2.05, 4.69) is 55.4 Å². The minimum Gasteiger partial charge on any atom is -0.659 e. The molecule has 0 radical (unpaired) electrons. The molecule has 4 nitrogen and oxygen atoms in total. The van der Waals surface area contributed by atoms with Gasteiger partial charge in [-0.3, -0.25) is 0 Å². The quantitative estimate of drug-likeness (QED) is 0.330. The van der Waals surface area contributed by atoms with Crippen molar-refractivity contribution in [2.24, 2.45) is 0 Å². The molecule has 0 aromatic heterocycles. The van der Waals surface area contributed by atoms with E-state index in [0.717, 1.165) is 25.7 Å². The fourth-order valence-electron chi connectivity index (χ4n) is 5.67. The van der Waals surface area contributed by atoms with Crippen molar-refractivity contribution in [2.45, 2.75) is 140 Å². The second-order valence-corrected chi connectivity index (χ2v) is 11.1. The summed E-state index contributed by atoms with van der Waals surface area (Å²) in [5.41, 5.74) is -0.574. The van der Waals surface area contributed by atoms with Crippen LogP contribution in [0.1, 0.15) is 93.9 Å². The van der Waals surface area contributed by atoms with Gasteiger partial charge < -0.3 is 21.3 Å². The molecule has 3 rings (SSSR count). The maximum Gasteiger partial charge on any atom is 4.00 e. The van der Waals surface area contributed by atoms with Crippen LogP contribution in [0, 0.1) is 0 Å². The predicted molar refractivity (Wildman–Crippen MR) is 113 cm³/mol. The van der Waals surface area contributed by atoms with Crippen molar-refractivity contribution in [3.63, 3.8) is 0 Å². The van der Waals surface area contributed by atoms with E-state index in [9.17, 15) is 0 Å². The van der Waals surface area contributed by atoms with Crippen molar-refractivity contribution < 1.29 is 21.1 Å². The Morgan fingerprint density at radius 3 is 0.926 bits per heavy atom. The third kappa shape index (κ3) is 4.99. The van der Waals surface area contributed by atoms with Crippen molar-refractivity contribution in [3.8, 4) is 0 Å². The predicted octanol–water partition coefficient (Wildman–Crippen LogP) is 6.45. The van der Waals surface area contributed by atoms with Gasteiger partial charge in [-0.05, 0) is 0 Å². The summed E-state index contributed by atoms with van der Waals surface area (Å²) in [5, 5.41) is 21.4. The first-order chi connectivity index (χ1) is 11.8. The normalized spacial score (nSPS) is 40.0. The molecule has 3 heterocycles. The Morgan fingerprint density at radius 2 is 0.704 bits per heavy atom. The first-order valence-electron chi connectivity index (χ1n) is 10.7. The van der Waals surface area contributed by atoms with E-state index < -0.39 is 0 Å². The maximum absolute atomic E-state index is 5.39. The summed E-state index contributed by atoms with van der Waals surface area (Å²) >= 11 is 0. The summed E-state index contributed by atoms with van der Waals surface area (Å²) in [6.45, 7) is 18.3. The van der Waals surface area contributed by atoms with Gasteiger partial charge in [0.2, 0.25) is 0 Å². The molecule has 4 unspecified atom stereocenters. The molecule has 27 heavy (non-hydrogen) atoms. The maximum atomic E-state index is 5.39. The summed E-state index contributed by atoms with van der Waals surface area (Å²) in [6.07, 6.45) is 7.05. The number of piperidine rings is 2. The van der Waals surface area contributed by atoms with E-state index in [0.29, 0.717) is 0 Å². The SMILES string of the molecule is CC1(C)[N-]C(C)(C)C2CCCC([N-]2)C(C)(C)[N-]C(C)(C)C2CCCC1[N-]2.[Pt+4]. The largest absolute Gasteiger partial charge is 4.00 e. The molecule has 4 bridgehead atoms. The van der Waals surface area contributed by atoms with Crippen LogP contribution in [0.15, 0.2) is 0 Å². The number of hydrogen-bond donors (Lipinski definition) is 0. The molecule has 0 N–H and O–H groups in total. The fraction of sp³-hybridized carbons (Fsp3) is 1.00. The van der Waals surface area contributed by atoms with Crippen LogP contribution in [0.25, 0.3) is 21.3 Å². The molecule has 4 atom stereocenters. The molecule has 3 saturated heterocycles. The van der Waals surface area contributed by atoms with Crippen LogP contribution in [0.2, 0.25) is 0 Å². The zero-order valence-electron chi connectivity index (χ0n) is 18.7. The van der Waals surface area contributed by atoms with Crippen molar-refractivity contribution in [2.75, 3.05) is 0 Å². The fourth-order valence-corrected chi connectivity index (χ4v) is 5.67. The molecule has 0 amide bonds. The summed E-state index contributed by atoms with van der Waals surface area (Å²) in [4.78, 5) is 0. The van der Waals surface area contributed by atoms with Crippen molar-refractivity contribution in [3.05, 3.63) is 21.3 Å². The average Bonchev–Trinajstić information content (AvgIpc) is 2.52. The first kappa shape index (κ1) is 23.8. The molecule has 0 spiro atoms. The van der Waals surface area contributed by atoms with Gasteiger partial charge >= 0.3 is 21.1 Å². The van der Waals surface area contributed by atoms with Gasteiger partial charge in [-0.15, -0.1) is 22.2 Å². The number of hydrogen-bond acceptors (Lipinski definition) is 0. The Kier molecular flexibility index (Phi) is 7.04. The summed E-state index contributed by atoms with van der Waals surface area (Å²) in [5.74, 6) is 0. The standard InChI is InChI=1S/C22H40N4.Pt/c1-19(2)15-11-9-12-17(23-15)21(5,6)26-22(7,8)18-14-10-13-16(24-18)20(3,4)25-19;/h15-18H,9-14H2,1-8H3;/q-4;+4. The van der Waals surface area contributed by atoms with Crippen LogP contribution in [0.3, 0.4) is 0 Å². The van der Waals surface area contributed by atoms with Gasteiger partial charge in [-0.25, -0.2) is 0 Å². The Morgan fingerprint density at radius 1 is 0.481 bits per heavy atom. The molecule has 0 saturated carbocycles. The van der Waals surface area contributed by atoms with Gasteiger partial charge in [0.25, 0.3) is 0 Å². The van der Waals surface area contributed by atoms with Crippen LogP contribution < -0.4 is 0 Å². The number of rotatable bonds is 0. The summed E-state index contributed by atoms with van der Waals surface area (Å²) in [7, 11) is 0. The smallest absolute Gasteiger partial charge is 0.659 e. The molecule has 5 heteroatoms. The van der Waals surface area contributed by atoms with E-state index in [-0.39, 0.29) is 67.4 Å². The van der Waals surface area contributed by atoms with E-state index >= 15 is 0 Å². The molecule has 0 aliphatic carbocycles. The second-order valence-electron chi connectivity index (χ2n) is 11.1. The van der Waals surface area contributed by atoms with Crippen LogP contribution in [0.5, 0.6) is 0 Å². The molecule has 0 aromatic rings. The van der Waals surface area contributed by atoms with Gasteiger partial charge in [0, 0.05) is 0 Å². The third-order valence-electron chi connectivity index (χ3n) is 7.04. The van der Waals surface area contributed by atoms with E-state index in [1.807, 2.05) is 0 Å². The second kappa shape index (κ2) is 7.99. The zero-order chi connectivity index (χ0) is 19.4. The van der Waals surface area contributed by atoms with Crippen molar-refractivity contribution in [1.82, 2.24) is 0 Å². The molecule has 0 aromatic carbocycles. The number of nitrogens with zero attached hydrogens (tertiary/aromatic N) is 4. The van der Waals surface area contributed by atoms with Gasteiger partial charge in [0.05, 0.1) is 0 Å². The van der Waals surface area contributed by atoms with Crippen molar-refractivity contribution >= 4 is 0 Å². The third-order valence-corrected chi connectivity index (χ3v) is 7.04. The Bertz CT molecular complexity index is 428. The molecule has 3 aliphatic rings. The van der Waals surface area contributed by atoms with Crippen LogP contribution in [0.4, 0.5) is 0 Å². The molecular weight excluding hydrogens is 515 g/mol. The first-order valence-corrected chi connectivity index (χ1v) is 10.7. The van der Waals surface area contributed by atoms with Crippen molar-refractivity contribution in [1.29, 1.82) is 0 Å². The monoisotopic (exact) mass is 555 g/mol. The zero-order valence-corrected chi connectivity index (χ0v) is 20.9. The minimum atomic E-state index is -0.143. The van der Waals surface area contributed by atoms with Crippen LogP contribution in [-0.2, 0) is 21.1 Å². The topological polar surface area (TPSA) is 56.4 Å². The van der Waals surface area contributed by atoms with Gasteiger partial charge in [-0.2, -0.15) is 24.2 Å². The van der Waals surface area contributed by atoms with E-state index in [4.69, 9.17) is 21.3 Å². The molecule has 3 fully saturated rings. The number of fused-ring (bicyclic) bond motifs is 4. The summed E-state index contributed by atoms with van der Waals surface area (Å²) in [6, 6.07) is 1.16. The summed E-state index contributed by atoms with van der Waals surface area (Å²) < 4.78 is 0. The van der Waals surface area contributed by atoms with Crippen LogP contribution >= 0.6 is 0 Å². The van der Waals surface area contributed by atoms with E-state index in [1.54, 1.807) is 0 Å². The molecular formula is C22H40N4Pt. The van der Waals surface area contributed by atoms with Gasteiger partial charge in [-0.1, -0.05) is 93.9 Å². The van der Waals surface area contributed by atoms with E-state index in [1.165, 1.54) is 12.8 Å². The van der Waals surface area contributed by atoms with Crippen LogP contribution in [-0.4, -0.2) is 46.3 Å².